The number of rotatable bonds is 5. The zero-order valence-electron chi connectivity index (χ0n) is 19.2. The molecule has 190 valence electrons. The number of nitrogens with one attached hydrogen (secondary N) is 1. The maximum Gasteiger partial charge on any atom is 0.418 e. The zero-order chi connectivity index (χ0) is 25.5. The Morgan fingerprint density at radius 3 is 2.57 bits per heavy atom. The highest BCUT2D eigenvalue weighted by Gasteiger charge is 2.44. The minimum atomic E-state index is -4.74. The van der Waals surface area contributed by atoms with Gasteiger partial charge in [-0.3, -0.25) is 9.00 Å². The molecule has 12 heteroatoms. The molecule has 35 heavy (non-hydrogen) atoms. The van der Waals surface area contributed by atoms with E-state index in [0.29, 0.717) is 12.8 Å². The summed E-state index contributed by atoms with van der Waals surface area (Å²) in [4.78, 5) is 23.1. The molecule has 1 atom stereocenters. The highest BCUT2D eigenvalue weighted by molar-refractivity contribution is 7.84. The summed E-state index contributed by atoms with van der Waals surface area (Å²) in [5.74, 6) is -4.13. The predicted octanol–water partition coefficient (Wildman–Crippen LogP) is 5.30. The highest BCUT2D eigenvalue weighted by atomic mass is 32.2. The van der Waals surface area contributed by atoms with Crippen LogP contribution in [0, 0.1) is 6.92 Å². The molecule has 1 N–H and O–H groups in total. The fourth-order valence-corrected chi connectivity index (χ4v) is 4.84. The van der Waals surface area contributed by atoms with Gasteiger partial charge >= 0.3 is 6.18 Å². The van der Waals surface area contributed by atoms with Gasteiger partial charge in [-0.05, 0) is 43.9 Å². The maximum atomic E-state index is 14.1. The van der Waals surface area contributed by atoms with Gasteiger partial charge in [0.1, 0.15) is 10.8 Å². The monoisotopic (exact) mass is 516 g/mol. The van der Waals surface area contributed by atoms with Crippen LogP contribution in [0.15, 0.2) is 23.4 Å². The molecule has 1 saturated carbocycles. The van der Waals surface area contributed by atoms with Gasteiger partial charge in [-0.15, -0.1) is 0 Å². The first-order valence-electron chi connectivity index (χ1n) is 11.2. The molecule has 2 aromatic rings. The van der Waals surface area contributed by atoms with Crippen molar-refractivity contribution in [1.82, 2.24) is 9.97 Å². The first-order valence-corrected chi connectivity index (χ1v) is 12.8. The molecule has 2 aliphatic rings. The summed E-state index contributed by atoms with van der Waals surface area (Å²) in [6.45, 7) is 1.23. The number of carbonyl (C=O) groups excluding carboxylic acids is 1. The Bertz CT molecular complexity index is 1170. The lowest BCUT2D eigenvalue weighted by atomic mass is 9.97. The molecule has 2 fully saturated rings. The van der Waals surface area contributed by atoms with E-state index in [4.69, 9.17) is 0 Å². The Morgan fingerprint density at radius 2 is 1.94 bits per heavy atom. The fraction of sp³-hybridized carbons (Fsp3) is 0.522. The van der Waals surface area contributed by atoms with Crippen LogP contribution in [-0.4, -0.2) is 45.4 Å². The fourth-order valence-electron chi connectivity index (χ4n) is 4.34. The topological polar surface area (TPSA) is 75.2 Å². The number of pyridine rings is 2. The van der Waals surface area contributed by atoms with Crippen molar-refractivity contribution in [2.24, 2.45) is 0 Å². The van der Waals surface area contributed by atoms with Crippen LogP contribution in [0.3, 0.4) is 0 Å². The third-order valence-electron chi connectivity index (χ3n) is 6.24. The van der Waals surface area contributed by atoms with Gasteiger partial charge in [0.2, 0.25) is 5.92 Å². The van der Waals surface area contributed by atoms with Crippen molar-refractivity contribution in [3.8, 4) is 0 Å². The van der Waals surface area contributed by atoms with Crippen LogP contribution in [0.5, 0.6) is 0 Å². The molecular formula is C23H25F5N4O2S. The summed E-state index contributed by atoms with van der Waals surface area (Å²) in [6, 6.07) is 2.79. The number of aromatic nitrogens is 2. The summed E-state index contributed by atoms with van der Waals surface area (Å²) in [7, 11) is -1.44. The van der Waals surface area contributed by atoms with E-state index in [1.807, 2.05) is 0 Å². The van der Waals surface area contributed by atoms with E-state index in [0.717, 1.165) is 0 Å². The maximum absolute atomic E-state index is 14.1. The molecule has 1 saturated heterocycles. The molecule has 1 aliphatic heterocycles. The smallest absolute Gasteiger partial charge is 0.356 e. The second kappa shape index (κ2) is 9.44. The summed E-state index contributed by atoms with van der Waals surface area (Å²) < 4.78 is 82.1. The first-order chi connectivity index (χ1) is 16.4. The van der Waals surface area contributed by atoms with Crippen LogP contribution in [-0.2, 0) is 17.0 Å². The molecule has 4 rings (SSSR count). The standard InChI is InChI=1S/C23H25F5N4O2S/c1-13-17(21(33)30-15-6-9-29-16(12-15)35(2)34)20(32-10-3-7-22(24,25)8-11-32)31-19(14-4-5-14)18(13)23(26,27)28/h6,9,12,14H,3-5,7-8,10-11H2,1-2H3,(H,29,30,33)/t35-/m0/s1. The molecule has 0 aromatic carbocycles. The second-order valence-electron chi connectivity index (χ2n) is 8.96. The van der Waals surface area contributed by atoms with Gasteiger partial charge in [0, 0.05) is 50.0 Å². The van der Waals surface area contributed by atoms with Gasteiger partial charge < -0.3 is 10.2 Å². The minimum Gasteiger partial charge on any atom is -0.356 e. The third kappa shape index (κ3) is 5.62. The van der Waals surface area contributed by atoms with Crippen LogP contribution < -0.4 is 10.2 Å². The molecular weight excluding hydrogens is 491 g/mol. The largest absolute Gasteiger partial charge is 0.418 e. The third-order valence-corrected chi connectivity index (χ3v) is 7.05. The number of nitrogens with zero attached hydrogens (tertiary/aromatic N) is 3. The Hall–Kier alpha value is -2.63. The Morgan fingerprint density at radius 1 is 1.23 bits per heavy atom. The summed E-state index contributed by atoms with van der Waals surface area (Å²) in [5.41, 5.74) is -1.47. The molecule has 0 unspecified atom stereocenters. The van der Waals surface area contributed by atoms with E-state index in [2.05, 4.69) is 15.3 Å². The van der Waals surface area contributed by atoms with Crippen LogP contribution >= 0.6 is 0 Å². The van der Waals surface area contributed by atoms with Crippen molar-refractivity contribution in [2.75, 3.05) is 29.6 Å². The van der Waals surface area contributed by atoms with E-state index in [1.165, 1.54) is 36.4 Å². The van der Waals surface area contributed by atoms with E-state index in [-0.39, 0.29) is 65.2 Å². The Labute approximate surface area is 201 Å². The minimum absolute atomic E-state index is 0.0130. The second-order valence-corrected chi connectivity index (χ2v) is 10.3. The highest BCUT2D eigenvalue weighted by Crippen LogP contribution is 2.48. The molecule has 0 spiro atoms. The van der Waals surface area contributed by atoms with Crippen molar-refractivity contribution in [3.63, 3.8) is 0 Å². The van der Waals surface area contributed by atoms with Crippen LogP contribution in [0.4, 0.5) is 33.5 Å². The number of amides is 1. The Kier molecular flexibility index (Phi) is 6.87. The predicted molar refractivity (Wildman–Crippen MR) is 121 cm³/mol. The zero-order valence-corrected chi connectivity index (χ0v) is 20.0. The van der Waals surface area contributed by atoms with E-state index in [1.54, 1.807) is 0 Å². The lowest BCUT2D eigenvalue weighted by molar-refractivity contribution is -0.139. The number of halogens is 5. The van der Waals surface area contributed by atoms with Crippen molar-refractivity contribution in [2.45, 2.75) is 62.1 Å². The van der Waals surface area contributed by atoms with Crippen molar-refractivity contribution in [1.29, 1.82) is 0 Å². The van der Waals surface area contributed by atoms with Crippen molar-refractivity contribution >= 4 is 28.2 Å². The summed E-state index contributed by atoms with van der Waals surface area (Å²) >= 11 is 0. The normalized spacial score (nSPS) is 19.2. The molecule has 1 aliphatic carbocycles. The number of hydrogen-bond acceptors (Lipinski definition) is 5. The number of carbonyl (C=O) groups is 1. The SMILES string of the molecule is Cc1c(C(=O)Nc2ccnc([S@](C)=O)c2)c(N2CCCC(F)(F)CC2)nc(C2CC2)c1C(F)(F)F. The molecule has 0 radical (unpaired) electrons. The summed E-state index contributed by atoms with van der Waals surface area (Å²) in [5, 5.41) is 2.74. The number of hydrogen-bond donors (Lipinski definition) is 1. The first kappa shape index (κ1) is 25.5. The van der Waals surface area contributed by atoms with Gasteiger partial charge in [0.05, 0.1) is 27.6 Å². The van der Waals surface area contributed by atoms with Gasteiger partial charge in [0.25, 0.3) is 5.91 Å². The molecule has 6 nitrogen and oxygen atoms in total. The molecule has 3 heterocycles. The van der Waals surface area contributed by atoms with Gasteiger partial charge in [-0.1, -0.05) is 0 Å². The van der Waals surface area contributed by atoms with Crippen molar-refractivity contribution in [3.05, 3.63) is 40.7 Å². The van der Waals surface area contributed by atoms with E-state index in [9.17, 15) is 31.0 Å². The lowest BCUT2D eigenvalue weighted by Crippen LogP contribution is -2.31. The summed E-state index contributed by atoms with van der Waals surface area (Å²) in [6.07, 6.45) is -1.62. The van der Waals surface area contributed by atoms with Crippen LogP contribution in [0.1, 0.15) is 65.2 Å². The van der Waals surface area contributed by atoms with Gasteiger partial charge in [-0.2, -0.15) is 13.2 Å². The molecule has 2 aromatic heterocycles. The quantitative estimate of drug-likeness (QED) is 0.547. The average Bonchev–Trinajstić information content (AvgIpc) is 3.60. The Balaban J connectivity index is 1.82. The number of alkyl halides is 5. The average molecular weight is 517 g/mol. The van der Waals surface area contributed by atoms with Crippen molar-refractivity contribution < 1.29 is 31.0 Å². The van der Waals surface area contributed by atoms with Crippen LogP contribution in [0.25, 0.3) is 0 Å². The van der Waals surface area contributed by atoms with Gasteiger partial charge in [0.15, 0.2) is 0 Å². The van der Waals surface area contributed by atoms with Crippen LogP contribution in [0.2, 0.25) is 0 Å². The number of anilines is 2. The molecule has 1 amide bonds. The molecule has 0 bridgehead atoms. The lowest BCUT2D eigenvalue weighted by Gasteiger charge is -2.28. The van der Waals surface area contributed by atoms with Gasteiger partial charge in [-0.25, -0.2) is 18.7 Å². The van der Waals surface area contributed by atoms with E-state index < -0.39 is 40.8 Å². The van der Waals surface area contributed by atoms with E-state index >= 15 is 0 Å².